The van der Waals surface area contributed by atoms with Crippen LogP contribution < -0.4 is 5.32 Å². The summed E-state index contributed by atoms with van der Waals surface area (Å²) in [4.78, 5) is 21.4. The molecule has 0 spiro atoms. The van der Waals surface area contributed by atoms with Crippen molar-refractivity contribution in [2.24, 2.45) is 0 Å². The molecule has 10 heteroatoms. The van der Waals surface area contributed by atoms with Crippen LogP contribution in [-0.2, 0) is 11.3 Å². The van der Waals surface area contributed by atoms with Gasteiger partial charge in [0.2, 0.25) is 0 Å². The smallest absolute Gasteiger partial charge is 0.327 e. The van der Waals surface area contributed by atoms with E-state index in [4.69, 9.17) is 22.0 Å². The predicted octanol–water partition coefficient (Wildman–Crippen LogP) is 5.08. The summed E-state index contributed by atoms with van der Waals surface area (Å²) >= 11 is 7.55. The average molecular weight is 488 g/mol. The van der Waals surface area contributed by atoms with Gasteiger partial charge in [-0.15, -0.1) is 11.3 Å². The van der Waals surface area contributed by atoms with Crippen LogP contribution in [0.3, 0.4) is 0 Å². The van der Waals surface area contributed by atoms with E-state index in [1.54, 1.807) is 25.4 Å². The number of hydrogen-bond donors (Lipinski definition) is 2. The van der Waals surface area contributed by atoms with Crippen LogP contribution in [0.15, 0.2) is 42.7 Å². The van der Waals surface area contributed by atoms with E-state index in [1.165, 1.54) is 23.5 Å². The lowest BCUT2D eigenvalue weighted by atomic mass is 10.0. The first-order valence-electron chi connectivity index (χ1n) is 10.3. The molecule has 3 heterocycles. The van der Waals surface area contributed by atoms with E-state index < -0.39 is 11.8 Å². The van der Waals surface area contributed by atoms with Gasteiger partial charge in [0.15, 0.2) is 0 Å². The van der Waals surface area contributed by atoms with Gasteiger partial charge >= 0.3 is 5.97 Å². The summed E-state index contributed by atoms with van der Waals surface area (Å²) in [7, 11) is 0. The molecule has 1 fully saturated rings. The van der Waals surface area contributed by atoms with Crippen LogP contribution >= 0.6 is 22.9 Å². The highest BCUT2D eigenvalue weighted by atomic mass is 35.5. The standard InChI is InChI=1S/C19H17ClFN5S.C4H6O2/c20-17-8-15-18(23-11-24-19(15)27-17)25-14-3-5-26(6-4-14)10-12-1-2-16(21)13(7-12)9-22;1-2-3-4(5)6/h1-2,7-8,11,14H,3-6,10H2,(H,23,24,25);2-3H,1H3,(H,5,6)/b;3-2-. The lowest BCUT2D eigenvalue weighted by Crippen LogP contribution is -2.38. The Kier molecular flexibility index (Phi) is 8.72. The maximum atomic E-state index is 13.5. The van der Waals surface area contributed by atoms with Gasteiger partial charge in [0.25, 0.3) is 0 Å². The molecular weight excluding hydrogens is 465 g/mol. The van der Waals surface area contributed by atoms with Crippen molar-refractivity contribution < 1.29 is 14.3 Å². The van der Waals surface area contributed by atoms with Gasteiger partial charge in [-0.3, -0.25) is 4.90 Å². The van der Waals surface area contributed by atoms with Gasteiger partial charge in [0, 0.05) is 31.8 Å². The second kappa shape index (κ2) is 11.7. The fourth-order valence-corrected chi connectivity index (χ4v) is 4.58. The van der Waals surface area contributed by atoms with E-state index in [1.807, 2.05) is 12.1 Å². The van der Waals surface area contributed by atoms with Crippen molar-refractivity contribution in [3.8, 4) is 6.07 Å². The molecule has 1 aliphatic rings. The number of fused-ring (bicyclic) bond motifs is 1. The number of nitriles is 1. The maximum absolute atomic E-state index is 13.5. The number of benzene rings is 1. The topological polar surface area (TPSA) is 102 Å². The molecule has 0 unspecified atom stereocenters. The van der Waals surface area contributed by atoms with Crippen LogP contribution in [0.2, 0.25) is 4.34 Å². The van der Waals surface area contributed by atoms with Crippen molar-refractivity contribution in [2.45, 2.75) is 32.4 Å². The van der Waals surface area contributed by atoms with E-state index in [9.17, 15) is 9.18 Å². The first-order valence-corrected chi connectivity index (χ1v) is 11.5. The summed E-state index contributed by atoms with van der Waals surface area (Å²) in [5.41, 5.74) is 1.07. The number of nitrogens with one attached hydrogen (secondary N) is 1. The Balaban J connectivity index is 0.000000454. The number of halogens is 2. The third-order valence-electron chi connectivity index (χ3n) is 5.09. The highest BCUT2D eigenvalue weighted by Crippen LogP contribution is 2.32. The Morgan fingerprint density at radius 3 is 2.79 bits per heavy atom. The molecule has 2 N–H and O–H groups in total. The molecule has 1 saturated heterocycles. The number of hydrogen-bond acceptors (Lipinski definition) is 7. The zero-order chi connectivity index (χ0) is 23.8. The van der Waals surface area contributed by atoms with Crippen LogP contribution in [0.1, 0.15) is 30.9 Å². The number of piperidine rings is 1. The van der Waals surface area contributed by atoms with Crippen molar-refractivity contribution in [2.75, 3.05) is 18.4 Å². The first-order chi connectivity index (χ1) is 15.9. The molecule has 0 saturated carbocycles. The van der Waals surface area contributed by atoms with Gasteiger partial charge in [0.1, 0.15) is 28.9 Å². The second-order valence-electron chi connectivity index (χ2n) is 7.45. The van der Waals surface area contributed by atoms with Crippen LogP contribution in [0.4, 0.5) is 10.2 Å². The minimum Gasteiger partial charge on any atom is -0.478 e. The molecule has 1 aromatic carbocycles. The molecule has 0 bridgehead atoms. The van der Waals surface area contributed by atoms with Gasteiger partial charge in [-0.1, -0.05) is 23.7 Å². The Labute approximate surface area is 200 Å². The minimum atomic E-state index is -0.891. The molecule has 0 aliphatic carbocycles. The van der Waals surface area contributed by atoms with Crippen molar-refractivity contribution in [3.63, 3.8) is 0 Å². The molecule has 3 aromatic rings. The lowest BCUT2D eigenvalue weighted by molar-refractivity contribution is -0.131. The number of likely N-dealkylation sites (tertiary alicyclic amines) is 1. The number of aliphatic carboxylic acids is 1. The molecule has 0 atom stereocenters. The van der Waals surface area contributed by atoms with Gasteiger partial charge in [0.05, 0.1) is 15.3 Å². The summed E-state index contributed by atoms with van der Waals surface area (Å²) in [6.07, 6.45) is 6.08. The average Bonchev–Trinajstić information content (AvgIpc) is 3.18. The third-order valence-corrected chi connectivity index (χ3v) is 6.27. The number of carboxylic acids is 1. The number of thiophene rings is 1. The zero-order valence-electron chi connectivity index (χ0n) is 18.0. The number of nitrogens with zero attached hydrogens (tertiary/aromatic N) is 4. The van der Waals surface area contributed by atoms with Crippen molar-refractivity contribution in [3.05, 3.63) is 64.0 Å². The van der Waals surface area contributed by atoms with E-state index in [2.05, 4.69) is 20.2 Å². The highest BCUT2D eigenvalue weighted by Gasteiger charge is 2.21. The molecule has 0 amide bonds. The largest absolute Gasteiger partial charge is 0.478 e. The van der Waals surface area contributed by atoms with Crippen LogP contribution in [0, 0.1) is 17.1 Å². The SMILES string of the molecule is C/C=C\C(=O)O.N#Cc1cc(CN2CCC(Nc3ncnc4sc(Cl)cc34)CC2)ccc1F. The lowest BCUT2D eigenvalue weighted by Gasteiger charge is -2.32. The third kappa shape index (κ3) is 6.96. The summed E-state index contributed by atoms with van der Waals surface area (Å²) in [5.74, 6) is -0.523. The molecule has 4 rings (SSSR count). The number of aromatic nitrogens is 2. The van der Waals surface area contributed by atoms with E-state index in [0.717, 1.165) is 60.1 Å². The molecule has 172 valence electrons. The molecular formula is C23H23ClFN5O2S. The number of carbonyl (C=O) groups is 1. The molecule has 33 heavy (non-hydrogen) atoms. The van der Waals surface area contributed by atoms with E-state index in [-0.39, 0.29) is 5.56 Å². The Bertz CT molecular complexity index is 1190. The monoisotopic (exact) mass is 487 g/mol. The Morgan fingerprint density at radius 1 is 1.39 bits per heavy atom. The highest BCUT2D eigenvalue weighted by molar-refractivity contribution is 7.22. The normalized spacial score (nSPS) is 14.6. The number of rotatable bonds is 5. The molecule has 2 aromatic heterocycles. The van der Waals surface area contributed by atoms with E-state index in [0.29, 0.717) is 10.4 Å². The van der Waals surface area contributed by atoms with Gasteiger partial charge in [-0.05, 0) is 43.5 Å². The number of allylic oxidation sites excluding steroid dienone is 1. The summed E-state index contributed by atoms with van der Waals surface area (Å²) < 4.78 is 14.2. The number of anilines is 1. The van der Waals surface area contributed by atoms with E-state index >= 15 is 0 Å². The quantitative estimate of drug-likeness (QED) is 0.484. The van der Waals surface area contributed by atoms with Crippen molar-refractivity contribution in [1.29, 1.82) is 5.26 Å². The molecule has 7 nitrogen and oxygen atoms in total. The molecule has 1 aliphatic heterocycles. The van der Waals surface area contributed by atoms with Crippen LogP contribution in [0.5, 0.6) is 0 Å². The number of carboxylic acid groups (broad SMARTS) is 1. The summed E-state index contributed by atoms with van der Waals surface area (Å²) in [5, 5.41) is 21.3. The second-order valence-corrected chi connectivity index (χ2v) is 9.11. The molecule has 0 radical (unpaired) electrons. The fraction of sp³-hybridized carbons (Fsp3) is 0.304. The zero-order valence-corrected chi connectivity index (χ0v) is 19.5. The fourth-order valence-electron chi connectivity index (χ4n) is 3.53. The van der Waals surface area contributed by atoms with Gasteiger partial charge < -0.3 is 10.4 Å². The van der Waals surface area contributed by atoms with Crippen molar-refractivity contribution >= 4 is 44.9 Å². The predicted molar refractivity (Wildman–Crippen MR) is 128 cm³/mol. The maximum Gasteiger partial charge on any atom is 0.327 e. The minimum absolute atomic E-state index is 0.103. The van der Waals surface area contributed by atoms with Crippen LogP contribution in [0.25, 0.3) is 10.2 Å². The first kappa shape index (κ1) is 24.6. The summed E-state index contributed by atoms with van der Waals surface area (Å²) in [6.45, 7) is 4.23. The summed E-state index contributed by atoms with van der Waals surface area (Å²) in [6, 6.07) is 8.89. The Hall–Kier alpha value is -3.06. The Morgan fingerprint density at radius 2 is 2.15 bits per heavy atom. The van der Waals surface area contributed by atoms with Crippen molar-refractivity contribution in [1.82, 2.24) is 14.9 Å². The van der Waals surface area contributed by atoms with Gasteiger partial charge in [-0.2, -0.15) is 5.26 Å². The van der Waals surface area contributed by atoms with Crippen LogP contribution in [-0.4, -0.2) is 45.1 Å². The van der Waals surface area contributed by atoms with Gasteiger partial charge in [-0.25, -0.2) is 19.2 Å².